The quantitative estimate of drug-likeness (QED) is 0.795. The summed E-state index contributed by atoms with van der Waals surface area (Å²) in [5.74, 6) is 0. The van der Waals surface area contributed by atoms with Gasteiger partial charge in [0.25, 0.3) is 0 Å². The van der Waals surface area contributed by atoms with Crippen molar-refractivity contribution in [2.24, 2.45) is 5.73 Å². The van der Waals surface area contributed by atoms with Crippen molar-refractivity contribution in [2.45, 2.75) is 38.6 Å². The highest BCUT2D eigenvalue weighted by atomic mass is 35.5. The summed E-state index contributed by atoms with van der Waals surface area (Å²) in [7, 11) is 0. The zero-order chi connectivity index (χ0) is 10.1. The van der Waals surface area contributed by atoms with Gasteiger partial charge in [0.1, 0.15) is 0 Å². The lowest BCUT2D eigenvalue weighted by Crippen LogP contribution is -2.11. The Bertz CT molecular complexity index is 346. The van der Waals surface area contributed by atoms with Crippen LogP contribution < -0.4 is 5.73 Å². The van der Waals surface area contributed by atoms with Crippen LogP contribution in [0.15, 0.2) is 12.1 Å². The molecule has 0 aromatic heterocycles. The van der Waals surface area contributed by atoms with Crippen molar-refractivity contribution < 1.29 is 0 Å². The minimum Gasteiger partial charge on any atom is -0.324 e. The first-order valence-electron chi connectivity index (χ1n) is 5.29. The Kier molecular flexibility index (Phi) is 2.80. The Morgan fingerprint density at radius 3 is 2.93 bits per heavy atom. The molecule has 0 saturated heterocycles. The molecule has 14 heavy (non-hydrogen) atoms. The monoisotopic (exact) mass is 209 g/mol. The maximum atomic E-state index is 6.08. The van der Waals surface area contributed by atoms with Gasteiger partial charge >= 0.3 is 0 Å². The maximum absolute atomic E-state index is 6.08. The third-order valence-corrected chi connectivity index (χ3v) is 3.27. The van der Waals surface area contributed by atoms with Crippen LogP contribution in [-0.4, -0.2) is 0 Å². The van der Waals surface area contributed by atoms with E-state index >= 15 is 0 Å². The molecule has 2 N–H and O–H groups in total. The van der Waals surface area contributed by atoms with Crippen molar-refractivity contribution in [1.29, 1.82) is 0 Å². The van der Waals surface area contributed by atoms with Gasteiger partial charge in [0.15, 0.2) is 0 Å². The van der Waals surface area contributed by atoms with Crippen LogP contribution in [0.2, 0.25) is 5.02 Å². The average Bonchev–Trinajstić information content (AvgIpc) is 2.62. The number of benzene rings is 1. The number of hydrogen-bond donors (Lipinski definition) is 1. The Hall–Kier alpha value is -0.530. The van der Waals surface area contributed by atoms with Gasteiger partial charge in [0.05, 0.1) is 0 Å². The minimum atomic E-state index is 0.153. The molecular formula is C12H16ClN. The molecule has 76 valence electrons. The highest BCUT2D eigenvalue weighted by Crippen LogP contribution is 2.32. The molecular weight excluding hydrogens is 194 g/mol. The van der Waals surface area contributed by atoms with Crippen molar-refractivity contribution in [3.63, 3.8) is 0 Å². The molecule has 1 nitrogen and oxygen atoms in total. The molecule has 1 atom stereocenters. The first-order valence-corrected chi connectivity index (χ1v) is 5.67. The van der Waals surface area contributed by atoms with Gasteiger partial charge in [-0.05, 0) is 54.5 Å². The first-order chi connectivity index (χ1) is 6.72. The predicted octanol–water partition coefficient (Wildman–Crippen LogP) is 3.24. The number of fused-ring (bicyclic) bond motifs is 1. The zero-order valence-electron chi connectivity index (χ0n) is 8.52. The minimum absolute atomic E-state index is 0.153. The molecule has 0 bridgehead atoms. The molecule has 0 spiro atoms. The van der Waals surface area contributed by atoms with E-state index in [0.717, 1.165) is 11.4 Å². The van der Waals surface area contributed by atoms with E-state index < -0.39 is 0 Å². The Morgan fingerprint density at radius 2 is 2.21 bits per heavy atom. The van der Waals surface area contributed by atoms with E-state index in [-0.39, 0.29) is 6.04 Å². The summed E-state index contributed by atoms with van der Waals surface area (Å²) < 4.78 is 0. The summed E-state index contributed by atoms with van der Waals surface area (Å²) >= 11 is 6.07. The molecule has 0 heterocycles. The number of nitrogens with two attached hydrogens (primary N) is 1. The molecule has 2 rings (SSSR count). The largest absolute Gasteiger partial charge is 0.324 e. The van der Waals surface area contributed by atoms with Gasteiger partial charge in [-0.2, -0.15) is 0 Å². The lowest BCUT2D eigenvalue weighted by atomic mass is 9.96. The van der Waals surface area contributed by atoms with Crippen LogP contribution in [0, 0.1) is 0 Å². The van der Waals surface area contributed by atoms with E-state index in [9.17, 15) is 0 Å². The van der Waals surface area contributed by atoms with Crippen molar-refractivity contribution in [1.82, 2.24) is 0 Å². The number of aryl methyl sites for hydroxylation is 1. The van der Waals surface area contributed by atoms with Gasteiger partial charge in [0.2, 0.25) is 0 Å². The highest BCUT2D eigenvalue weighted by molar-refractivity contribution is 6.30. The summed E-state index contributed by atoms with van der Waals surface area (Å²) in [5, 5.41) is 0.838. The van der Waals surface area contributed by atoms with Gasteiger partial charge in [-0.3, -0.25) is 0 Å². The highest BCUT2D eigenvalue weighted by Gasteiger charge is 2.18. The summed E-state index contributed by atoms with van der Waals surface area (Å²) in [6.07, 6.45) is 4.57. The second-order valence-electron chi connectivity index (χ2n) is 4.00. The van der Waals surface area contributed by atoms with E-state index in [2.05, 4.69) is 13.0 Å². The number of hydrogen-bond acceptors (Lipinski definition) is 1. The topological polar surface area (TPSA) is 26.0 Å². The van der Waals surface area contributed by atoms with Crippen LogP contribution in [-0.2, 0) is 12.8 Å². The Labute approximate surface area is 90.3 Å². The van der Waals surface area contributed by atoms with Crippen molar-refractivity contribution >= 4 is 11.6 Å². The van der Waals surface area contributed by atoms with Gasteiger partial charge in [0, 0.05) is 11.1 Å². The van der Waals surface area contributed by atoms with Gasteiger partial charge < -0.3 is 5.73 Å². The lowest BCUT2D eigenvalue weighted by Gasteiger charge is -2.15. The molecule has 0 amide bonds. The third-order valence-electron chi connectivity index (χ3n) is 3.05. The second kappa shape index (κ2) is 3.92. The second-order valence-corrected chi connectivity index (χ2v) is 4.44. The number of halogens is 1. The Balaban J connectivity index is 2.48. The van der Waals surface area contributed by atoms with Crippen LogP contribution in [0.4, 0.5) is 0 Å². The summed E-state index contributed by atoms with van der Waals surface area (Å²) in [6.45, 7) is 2.12. The van der Waals surface area contributed by atoms with E-state index in [1.165, 1.54) is 36.0 Å². The van der Waals surface area contributed by atoms with Crippen molar-refractivity contribution in [2.75, 3.05) is 0 Å². The molecule has 0 unspecified atom stereocenters. The Morgan fingerprint density at radius 1 is 1.43 bits per heavy atom. The molecule has 0 radical (unpaired) electrons. The normalized spacial score (nSPS) is 16.8. The van der Waals surface area contributed by atoms with Crippen LogP contribution in [0.25, 0.3) is 0 Å². The fourth-order valence-corrected chi connectivity index (χ4v) is 2.50. The summed E-state index contributed by atoms with van der Waals surface area (Å²) in [6, 6.07) is 4.29. The first kappa shape index (κ1) is 10.0. The van der Waals surface area contributed by atoms with Crippen molar-refractivity contribution in [3.8, 4) is 0 Å². The van der Waals surface area contributed by atoms with Gasteiger partial charge in [-0.15, -0.1) is 0 Å². The smallest absolute Gasteiger partial charge is 0.0412 e. The maximum Gasteiger partial charge on any atom is 0.0412 e. The van der Waals surface area contributed by atoms with Crippen LogP contribution in [0.1, 0.15) is 42.5 Å². The number of rotatable bonds is 2. The van der Waals surface area contributed by atoms with Crippen LogP contribution >= 0.6 is 11.6 Å². The molecule has 0 fully saturated rings. The molecule has 1 aromatic rings. The van der Waals surface area contributed by atoms with E-state index in [4.69, 9.17) is 17.3 Å². The fraction of sp³-hybridized carbons (Fsp3) is 0.500. The molecule has 2 heteroatoms. The molecule has 1 aliphatic carbocycles. The molecule has 0 aliphatic heterocycles. The van der Waals surface area contributed by atoms with Crippen molar-refractivity contribution in [3.05, 3.63) is 33.8 Å². The predicted molar refractivity (Wildman–Crippen MR) is 60.7 cm³/mol. The molecule has 0 saturated carbocycles. The fourth-order valence-electron chi connectivity index (χ4n) is 2.25. The average molecular weight is 210 g/mol. The summed E-state index contributed by atoms with van der Waals surface area (Å²) in [4.78, 5) is 0. The van der Waals surface area contributed by atoms with E-state index in [1.54, 1.807) is 0 Å². The molecule has 1 aliphatic rings. The zero-order valence-corrected chi connectivity index (χ0v) is 9.27. The lowest BCUT2D eigenvalue weighted by molar-refractivity contribution is 0.690. The van der Waals surface area contributed by atoms with E-state index in [0.29, 0.717) is 0 Å². The van der Waals surface area contributed by atoms with Crippen LogP contribution in [0.5, 0.6) is 0 Å². The van der Waals surface area contributed by atoms with Crippen LogP contribution in [0.3, 0.4) is 0 Å². The SMILES string of the molecule is CC[C@H](N)c1cc(Cl)cc2c1CCC2. The van der Waals surface area contributed by atoms with E-state index in [1.807, 2.05) is 6.07 Å². The molecule has 1 aromatic carbocycles. The van der Waals surface area contributed by atoms with Gasteiger partial charge in [-0.25, -0.2) is 0 Å². The summed E-state index contributed by atoms with van der Waals surface area (Å²) in [5.41, 5.74) is 10.2. The van der Waals surface area contributed by atoms with Gasteiger partial charge in [-0.1, -0.05) is 18.5 Å². The third kappa shape index (κ3) is 1.67. The standard InChI is InChI=1S/C12H16ClN/c1-2-12(14)11-7-9(13)6-8-4-3-5-10(8)11/h6-7,12H,2-5,14H2,1H3/t12-/m0/s1.